The van der Waals surface area contributed by atoms with Crippen LogP contribution in [0.15, 0.2) is 36.0 Å². The first-order valence-electron chi connectivity index (χ1n) is 8.45. The minimum absolute atomic E-state index is 0.259. The molecule has 0 fully saturated rings. The summed E-state index contributed by atoms with van der Waals surface area (Å²) < 4.78 is 0. The number of likely N-dealkylation sites (N-methyl/N-ethyl adjacent to an activating group) is 1. The van der Waals surface area contributed by atoms with Gasteiger partial charge in [0.15, 0.2) is 0 Å². The zero-order valence-electron chi connectivity index (χ0n) is 14.5. The van der Waals surface area contributed by atoms with Crippen LogP contribution in [0.4, 0.5) is 0 Å². The average molecular weight is 335 g/mol. The summed E-state index contributed by atoms with van der Waals surface area (Å²) >= 11 is 0. The molecule has 0 aromatic carbocycles. The van der Waals surface area contributed by atoms with Crippen LogP contribution in [0.3, 0.4) is 0 Å². The van der Waals surface area contributed by atoms with Crippen LogP contribution in [0.1, 0.15) is 32.1 Å². The fourth-order valence-electron chi connectivity index (χ4n) is 2.54. The third-order valence-corrected chi connectivity index (χ3v) is 3.96. The van der Waals surface area contributed by atoms with E-state index in [1.54, 1.807) is 7.05 Å². The number of carboxylic acid groups (broad SMARTS) is 1. The van der Waals surface area contributed by atoms with E-state index < -0.39 is 12.0 Å². The Labute approximate surface area is 144 Å². The number of carboxylic acids is 1. The van der Waals surface area contributed by atoms with Gasteiger partial charge in [-0.05, 0) is 45.5 Å². The zero-order valence-corrected chi connectivity index (χ0v) is 14.5. The van der Waals surface area contributed by atoms with Crippen molar-refractivity contribution in [2.24, 2.45) is 0 Å². The van der Waals surface area contributed by atoms with Crippen molar-refractivity contribution >= 4 is 11.9 Å². The third-order valence-electron chi connectivity index (χ3n) is 3.96. The number of hydrogen-bond acceptors (Lipinski definition) is 4. The fraction of sp³-hybridized carbons (Fsp3) is 0.556. The lowest BCUT2D eigenvalue weighted by molar-refractivity contribution is -0.142. The Bertz CT molecular complexity index is 498. The molecule has 2 atom stereocenters. The van der Waals surface area contributed by atoms with Gasteiger partial charge < -0.3 is 21.1 Å². The topological polar surface area (TPSA) is 90.5 Å². The molecule has 0 spiro atoms. The van der Waals surface area contributed by atoms with Crippen molar-refractivity contribution in [2.75, 3.05) is 20.6 Å². The Kier molecular flexibility index (Phi) is 9.72. The number of nitrogens with one attached hydrogen (secondary N) is 3. The number of carbonyl (C=O) groups is 2. The molecule has 0 aromatic heterocycles. The lowest BCUT2D eigenvalue weighted by atomic mass is 10.0. The van der Waals surface area contributed by atoms with E-state index in [-0.39, 0.29) is 18.4 Å². The number of unbranched alkanes of at least 4 members (excludes halogenated alkanes) is 1. The van der Waals surface area contributed by atoms with Crippen molar-refractivity contribution in [1.29, 1.82) is 0 Å². The maximum absolute atomic E-state index is 12.4. The highest BCUT2D eigenvalue weighted by Crippen LogP contribution is 2.13. The van der Waals surface area contributed by atoms with Crippen LogP contribution < -0.4 is 16.0 Å². The molecular weight excluding hydrogens is 306 g/mol. The van der Waals surface area contributed by atoms with E-state index in [9.17, 15) is 14.7 Å². The molecule has 1 amide bonds. The number of rotatable bonds is 11. The molecule has 4 N–H and O–H groups in total. The van der Waals surface area contributed by atoms with Crippen LogP contribution in [-0.2, 0) is 9.59 Å². The number of carbonyl (C=O) groups excluding carboxylic acids is 1. The molecule has 6 nitrogen and oxygen atoms in total. The molecule has 0 saturated heterocycles. The Morgan fingerprint density at radius 2 is 2.00 bits per heavy atom. The molecule has 1 aliphatic rings. The lowest BCUT2D eigenvalue weighted by Crippen LogP contribution is -2.49. The van der Waals surface area contributed by atoms with Gasteiger partial charge in [0.1, 0.15) is 6.04 Å². The molecule has 0 radical (unpaired) electrons. The van der Waals surface area contributed by atoms with Gasteiger partial charge in [-0.2, -0.15) is 0 Å². The third kappa shape index (κ3) is 7.57. The summed E-state index contributed by atoms with van der Waals surface area (Å²) in [6.07, 6.45) is 13.3. The van der Waals surface area contributed by atoms with Gasteiger partial charge >= 0.3 is 5.97 Å². The first-order chi connectivity index (χ1) is 11.6. The van der Waals surface area contributed by atoms with Gasteiger partial charge in [-0.3, -0.25) is 4.79 Å². The van der Waals surface area contributed by atoms with E-state index in [2.05, 4.69) is 16.0 Å². The molecule has 24 heavy (non-hydrogen) atoms. The highest BCUT2D eigenvalue weighted by atomic mass is 16.4. The quantitative estimate of drug-likeness (QED) is 0.428. The van der Waals surface area contributed by atoms with Gasteiger partial charge in [0.25, 0.3) is 0 Å². The SMILES string of the molecule is CNCCCCC(NC)C(=O)NC(CC1=CCC=CC=C1)C(=O)O. The van der Waals surface area contributed by atoms with Crippen LogP contribution in [0, 0.1) is 0 Å². The second-order valence-electron chi connectivity index (χ2n) is 5.85. The molecule has 2 unspecified atom stereocenters. The molecular formula is C18H29N3O3. The summed E-state index contributed by atoms with van der Waals surface area (Å²) in [6.45, 7) is 0.907. The van der Waals surface area contributed by atoms with E-state index in [4.69, 9.17) is 0 Å². The Morgan fingerprint density at radius 3 is 2.67 bits per heavy atom. The Morgan fingerprint density at radius 1 is 1.21 bits per heavy atom. The summed E-state index contributed by atoms with van der Waals surface area (Å²) in [4.78, 5) is 23.9. The maximum Gasteiger partial charge on any atom is 0.326 e. The number of hydrogen-bond donors (Lipinski definition) is 4. The van der Waals surface area contributed by atoms with E-state index >= 15 is 0 Å². The van der Waals surface area contributed by atoms with Gasteiger partial charge in [0.05, 0.1) is 6.04 Å². The summed E-state index contributed by atoms with van der Waals surface area (Å²) in [5.74, 6) is -1.27. The predicted molar refractivity (Wildman–Crippen MR) is 95.8 cm³/mol. The van der Waals surface area contributed by atoms with Crippen molar-refractivity contribution in [3.8, 4) is 0 Å². The van der Waals surface area contributed by atoms with Crippen LogP contribution in [0.5, 0.6) is 0 Å². The molecule has 0 aromatic rings. The minimum Gasteiger partial charge on any atom is -0.480 e. The summed E-state index contributed by atoms with van der Waals surface area (Å²) in [7, 11) is 3.62. The van der Waals surface area contributed by atoms with Crippen molar-refractivity contribution < 1.29 is 14.7 Å². The van der Waals surface area contributed by atoms with Crippen LogP contribution in [0.2, 0.25) is 0 Å². The van der Waals surface area contributed by atoms with E-state index in [0.29, 0.717) is 6.42 Å². The van der Waals surface area contributed by atoms with Gasteiger partial charge in [0, 0.05) is 6.42 Å². The molecule has 134 valence electrons. The van der Waals surface area contributed by atoms with Gasteiger partial charge in [-0.1, -0.05) is 36.8 Å². The Hall–Kier alpha value is -1.92. The molecule has 1 rings (SSSR count). The van der Waals surface area contributed by atoms with E-state index in [1.165, 1.54) is 0 Å². The van der Waals surface area contributed by atoms with Crippen molar-refractivity contribution in [3.63, 3.8) is 0 Å². The smallest absolute Gasteiger partial charge is 0.326 e. The second-order valence-corrected chi connectivity index (χ2v) is 5.85. The molecule has 6 heteroatoms. The number of aliphatic carboxylic acids is 1. The van der Waals surface area contributed by atoms with Gasteiger partial charge in [-0.25, -0.2) is 4.79 Å². The molecule has 0 heterocycles. The fourth-order valence-corrected chi connectivity index (χ4v) is 2.54. The standard InChI is InChI=1S/C18H29N3O3/c1-19-12-8-7-11-15(20-2)17(22)21-16(18(23)24)13-14-9-5-3-4-6-10-14/h3-5,9-10,15-16,19-20H,6-8,11-13H2,1-2H3,(H,21,22)(H,23,24). The van der Waals surface area contributed by atoms with E-state index in [1.807, 2.05) is 37.4 Å². The highest BCUT2D eigenvalue weighted by Gasteiger charge is 2.24. The number of allylic oxidation sites excluding steroid dienone is 5. The molecule has 1 aliphatic carbocycles. The normalized spacial score (nSPS) is 16.2. The maximum atomic E-state index is 12.4. The molecule has 0 bridgehead atoms. The van der Waals surface area contributed by atoms with Crippen molar-refractivity contribution in [2.45, 2.75) is 44.2 Å². The number of amides is 1. The summed E-state index contributed by atoms with van der Waals surface area (Å²) in [6, 6.07) is -1.29. The summed E-state index contributed by atoms with van der Waals surface area (Å²) in [5.41, 5.74) is 0.919. The molecule has 0 saturated carbocycles. The van der Waals surface area contributed by atoms with Crippen LogP contribution >= 0.6 is 0 Å². The zero-order chi connectivity index (χ0) is 17.8. The largest absolute Gasteiger partial charge is 0.480 e. The highest BCUT2D eigenvalue weighted by molar-refractivity contribution is 5.87. The van der Waals surface area contributed by atoms with Crippen LogP contribution in [0.25, 0.3) is 0 Å². The van der Waals surface area contributed by atoms with Crippen molar-refractivity contribution in [1.82, 2.24) is 16.0 Å². The monoisotopic (exact) mass is 335 g/mol. The van der Waals surface area contributed by atoms with Gasteiger partial charge in [0.2, 0.25) is 5.91 Å². The Balaban J connectivity index is 2.57. The second kappa shape index (κ2) is 11.6. The first-order valence-corrected chi connectivity index (χ1v) is 8.45. The van der Waals surface area contributed by atoms with Crippen molar-refractivity contribution in [3.05, 3.63) is 36.0 Å². The summed E-state index contributed by atoms with van der Waals surface area (Å²) in [5, 5.41) is 18.1. The molecule has 0 aliphatic heterocycles. The predicted octanol–water partition coefficient (Wildman–Crippen LogP) is 1.37. The van der Waals surface area contributed by atoms with Crippen LogP contribution in [-0.4, -0.2) is 49.7 Å². The first kappa shape index (κ1) is 20.1. The average Bonchev–Trinajstić information content (AvgIpc) is 2.82. The minimum atomic E-state index is -1.01. The van der Waals surface area contributed by atoms with E-state index in [0.717, 1.165) is 31.4 Å². The lowest BCUT2D eigenvalue weighted by Gasteiger charge is -2.20. The van der Waals surface area contributed by atoms with Gasteiger partial charge in [-0.15, -0.1) is 0 Å².